The van der Waals surface area contributed by atoms with Crippen molar-refractivity contribution < 1.29 is 4.79 Å². The first-order valence-corrected chi connectivity index (χ1v) is 5.28. The van der Waals surface area contributed by atoms with Crippen molar-refractivity contribution in [3.63, 3.8) is 0 Å². The lowest BCUT2D eigenvalue weighted by molar-refractivity contribution is 0.104. The van der Waals surface area contributed by atoms with Gasteiger partial charge in [0, 0.05) is 23.1 Å². The Morgan fingerprint density at radius 2 is 1.82 bits per heavy atom. The highest BCUT2D eigenvalue weighted by Gasteiger charge is 2.18. The van der Waals surface area contributed by atoms with E-state index in [1.807, 2.05) is 0 Å². The summed E-state index contributed by atoms with van der Waals surface area (Å²) in [6.07, 6.45) is 1.45. The predicted octanol–water partition coefficient (Wildman–Crippen LogP) is 2.13. The molecular weight excluding hydrogens is 238 g/mol. The number of nitrogen functional groups attached to an aromatic ring is 2. The largest absolute Gasteiger partial charge is 0.398 e. The molecule has 0 saturated carbocycles. The lowest BCUT2D eigenvalue weighted by atomic mass is 10.0. The van der Waals surface area contributed by atoms with E-state index in [2.05, 4.69) is 4.98 Å². The first kappa shape index (κ1) is 11.4. The van der Waals surface area contributed by atoms with E-state index in [0.29, 0.717) is 16.9 Å². The highest BCUT2D eigenvalue weighted by atomic mass is 35.5. The molecule has 0 unspecified atom stereocenters. The van der Waals surface area contributed by atoms with E-state index in [1.54, 1.807) is 24.3 Å². The number of nitrogens with two attached hydrogens (primary N) is 2. The van der Waals surface area contributed by atoms with E-state index in [1.165, 1.54) is 12.3 Å². The molecule has 17 heavy (non-hydrogen) atoms. The molecule has 4 nitrogen and oxygen atoms in total. The van der Waals surface area contributed by atoms with Crippen LogP contribution in [0.1, 0.15) is 15.9 Å². The number of anilines is 2. The zero-order chi connectivity index (χ0) is 12.4. The summed E-state index contributed by atoms with van der Waals surface area (Å²) in [5.41, 5.74) is 12.7. The van der Waals surface area contributed by atoms with Crippen LogP contribution in [0.2, 0.25) is 5.15 Å². The summed E-state index contributed by atoms with van der Waals surface area (Å²) in [5.74, 6) is -0.321. The van der Waals surface area contributed by atoms with Crippen LogP contribution in [0, 0.1) is 0 Å². The van der Waals surface area contributed by atoms with Gasteiger partial charge in [0.2, 0.25) is 0 Å². The van der Waals surface area contributed by atoms with E-state index < -0.39 is 0 Å². The molecule has 0 amide bonds. The zero-order valence-electron chi connectivity index (χ0n) is 8.85. The van der Waals surface area contributed by atoms with Gasteiger partial charge in [-0.05, 0) is 18.2 Å². The smallest absolute Gasteiger partial charge is 0.200 e. The molecule has 86 valence electrons. The van der Waals surface area contributed by atoms with Crippen molar-refractivity contribution in [2.24, 2.45) is 0 Å². The van der Waals surface area contributed by atoms with Crippen molar-refractivity contribution >= 4 is 28.8 Å². The molecule has 0 aliphatic carbocycles. The lowest BCUT2D eigenvalue weighted by Crippen LogP contribution is -2.09. The van der Waals surface area contributed by atoms with Crippen molar-refractivity contribution in [3.05, 3.63) is 52.8 Å². The number of pyridine rings is 1. The van der Waals surface area contributed by atoms with Crippen LogP contribution in [0.15, 0.2) is 36.5 Å². The Labute approximate surface area is 103 Å². The van der Waals surface area contributed by atoms with Crippen molar-refractivity contribution in [2.75, 3.05) is 11.5 Å². The van der Waals surface area contributed by atoms with Crippen LogP contribution < -0.4 is 11.5 Å². The van der Waals surface area contributed by atoms with Crippen molar-refractivity contribution in [1.29, 1.82) is 0 Å². The van der Waals surface area contributed by atoms with Crippen molar-refractivity contribution in [2.45, 2.75) is 0 Å². The fourth-order valence-electron chi connectivity index (χ4n) is 1.51. The molecule has 5 heteroatoms. The van der Waals surface area contributed by atoms with Gasteiger partial charge < -0.3 is 11.5 Å². The molecule has 1 heterocycles. The molecule has 0 aliphatic rings. The molecule has 0 bridgehead atoms. The second-order valence-corrected chi connectivity index (χ2v) is 3.84. The van der Waals surface area contributed by atoms with E-state index >= 15 is 0 Å². The molecule has 4 N–H and O–H groups in total. The molecule has 0 spiro atoms. The van der Waals surface area contributed by atoms with Gasteiger partial charge in [0.15, 0.2) is 5.78 Å². The summed E-state index contributed by atoms with van der Waals surface area (Å²) in [6.45, 7) is 0. The predicted molar refractivity (Wildman–Crippen MR) is 67.9 cm³/mol. The lowest BCUT2D eigenvalue weighted by Gasteiger charge is -2.07. The summed E-state index contributed by atoms with van der Waals surface area (Å²) >= 11 is 5.87. The first-order valence-electron chi connectivity index (χ1n) is 4.90. The van der Waals surface area contributed by atoms with Gasteiger partial charge in [-0.25, -0.2) is 4.98 Å². The number of benzene rings is 1. The second kappa shape index (κ2) is 4.43. The van der Waals surface area contributed by atoms with Gasteiger partial charge in [0.05, 0.1) is 5.56 Å². The van der Waals surface area contributed by atoms with Gasteiger partial charge in [-0.1, -0.05) is 23.7 Å². The van der Waals surface area contributed by atoms with Gasteiger partial charge in [-0.15, -0.1) is 0 Å². The second-order valence-electron chi connectivity index (χ2n) is 3.48. The Balaban J connectivity index is 2.56. The number of para-hydroxylation sites is 1. The minimum Gasteiger partial charge on any atom is -0.398 e. The van der Waals surface area contributed by atoms with Gasteiger partial charge in [0.1, 0.15) is 5.15 Å². The van der Waals surface area contributed by atoms with Crippen LogP contribution in [0.5, 0.6) is 0 Å². The van der Waals surface area contributed by atoms with Gasteiger partial charge in [-0.2, -0.15) is 0 Å². The number of rotatable bonds is 2. The maximum atomic E-state index is 12.2. The van der Waals surface area contributed by atoms with E-state index in [9.17, 15) is 4.79 Å². The Bertz CT molecular complexity index is 563. The number of aromatic nitrogens is 1. The fraction of sp³-hybridized carbons (Fsp3) is 0. The van der Waals surface area contributed by atoms with E-state index in [0.717, 1.165) is 0 Å². The van der Waals surface area contributed by atoms with Crippen LogP contribution in [0.25, 0.3) is 0 Å². The number of carbonyl (C=O) groups excluding carboxylic acids is 1. The van der Waals surface area contributed by atoms with Crippen molar-refractivity contribution in [3.8, 4) is 0 Å². The average molecular weight is 248 g/mol. The number of hydrogen-bond donors (Lipinski definition) is 2. The highest BCUT2D eigenvalue weighted by molar-refractivity contribution is 6.35. The van der Waals surface area contributed by atoms with Crippen LogP contribution >= 0.6 is 11.6 Å². The summed E-state index contributed by atoms with van der Waals surface area (Å²) in [5, 5.41) is 0.0817. The van der Waals surface area contributed by atoms with Gasteiger partial charge in [-0.3, -0.25) is 4.79 Å². The third kappa shape index (κ3) is 2.07. The third-order valence-electron chi connectivity index (χ3n) is 2.37. The minimum atomic E-state index is -0.321. The molecule has 2 aromatic rings. The van der Waals surface area contributed by atoms with E-state index in [4.69, 9.17) is 23.1 Å². The number of halogens is 1. The van der Waals surface area contributed by atoms with Gasteiger partial charge in [0.25, 0.3) is 0 Å². The number of carbonyl (C=O) groups is 1. The standard InChI is InChI=1S/C12H10ClN3O/c13-12-10(9(15)5-6-16-12)11(17)7-3-1-2-4-8(7)14/h1-6H,14H2,(H2,15,16). The van der Waals surface area contributed by atoms with Crippen molar-refractivity contribution in [1.82, 2.24) is 4.98 Å². The fourth-order valence-corrected chi connectivity index (χ4v) is 1.76. The normalized spacial score (nSPS) is 10.2. The van der Waals surface area contributed by atoms with Crippen LogP contribution in [0.3, 0.4) is 0 Å². The SMILES string of the molecule is Nc1ccccc1C(=O)c1c(N)ccnc1Cl. The molecular formula is C12H10ClN3O. The van der Waals surface area contributed by atoms with Crippen LogP contribution in [-0.2, 0) is 0 Å². The Morgan fingerprint density at radius 1 is 1.12 bits per heavy atom. The number of hydrogen-bond acceptors (Lipinski definition) is 4. The quantitative estimate of drug-likeness (QED) is 0.484. The maximum absolute atomic E-state index is 12.2. The Morgan fingerprint density at radius 3 is 2.47 bits per heavy atom. The molecule has 0 radical (unpaired) electrons. The molecule has 1 aromatic heterocycles. The molecule has 0 atom stereocenters. The topological polar surface area (TPSA) is 82.0 Å². The molecule has 1 aromatic carbocycles. The molecule has 0 fully saturated rings. The Hall–Kier alpha value is -2.07. The monoisotopic (exact) mass is 247 g/mol. The van der Waals surface area contributed by atoms with Crippen LogP contribution in [-0.4, -0.2) is 10.8 Å². The van der Waals surface area contributed by atoms with Gasteiger partial charge >= 0.3 is 0 Å². The van der Waals surface area contributed by atoms with Crippen LogP contribution in [0.4, 0.5) is 11.4 Å². The van der Waals surface area contributed by atoms with E-state index in [-0.39, 0.29) is 16.5 Å². The average Bonchev–Trinajstić information content (AvgIpc) is 2.29. The summed E-state index contributed by atoms with van der Waals surface area (Å²) in [6, 6.07) is 8.27. The number of nitrogens with zero attached hydrogens (tertiary/aromatic N) is 1. The summed E-state index contributed by atoms with van der Waals surface area (Å²) < 4.78 is 0. The molecule has 0 saturated heterocycles. The Kier molecular flexibility index (Phi) is 2.97. The third-order valence-corrected chi connectivity index (χ3v) is 2.66. The highest BCUT2D eigenvalue weighted by Crippen LogP contribution is 2.25. The number of ketones is 1. The zero-order valence-corrected chi connectivity index (χ0v) is 9.61. The summed E-state index contributed by atoms with van der Waals surface area (Å²) in [7, 11) is 0. The minimum absolute atomic E-state index is 0.0817. The molecule has 0 aliphatic heterocycles. The summed E-state index contributed by atoms with van der Waals surface area (Å²) in [4.78, 5) is 16.1. The maximum Gasteiger partial charge on any atom is 0.200 e. The first-order chi connectivity index (χ1) is 8.11. The molecule has 2 rings (SSSR count).